The third kappa shape index (κ3) is 13.9. The topological polar surface area (TPSA) is 61.3 Å². The van der Waals surface area contributed by atoms with E-state index in [1.54, 1.807) is 0 Å². The third-order valence-corrected chi connectivity index (χ3v) is 2.56. The molecular formula is C12H28N2O. The van der Waals surface area contributed by atoms with Crippen LogP contribution in [0, 0.1) is 0 Å². The summed E-state index contributed by atoms with van der Waals surface area (Å²) in [6.07, 6.45) is 11.3. The van der Waals surface area contributed by atoms with Crippen molar-refractivity contribution in [3.8, 4) is 0 Å². The Kier molecular flexibility index (Phi) is 11.9. The highest BCUT2D eigenvalue weighted by atomic mass is 16.5. The van der Waals surface area contributed by atoms with Crippen LogP contribution in [-0.4, -0.2) is 13.0 Å². The second-order valence-electron chi connectivity index (χ2n) is 4.16. The molecule has 0 radical (unpaired) electrons. The Morgan fingerprint density at radius 3 is 1.73 bits per heavy atom. The van der Waals surface area contributed by atoms with E-state index in [4.69, 9.17) is 16.2 Å². The molecule has 0 heterocycles. The lowest BCUT2D eigenvalue weighted by atomic mass is 10.1. The van der Waals surface area contributed by atoms with Crippen molar-refractivity contribution in [2.75, 3.05) is 6.61 Å². The van der Waals surface area contributed by atoms with Crippen LogP contribution in [0.1, 0.15) is 64.7 Å². The summed E-state index contributed by atoms with van der Waals surface area (Å²) in [6.45, 7) is 2.95. The Hall–Kier alpha value is -0.120. The van der Waals surface area contributed by atoms with Crippen molar-refractivity contribution in [2.24, 2.45) is 11.5 Å². The highest BCUT2D eigenvalue weighted by Gasteiger charge is 1.94. The van der Waals surface area contributed by atoms with Gasteiger partial charge >= 0.3 is 0 Å². The average Bonchev–Trinajstić information content (AvgIpc) is 2.20. The predicted octanol–water partition coefficient (Wildman–Crippen LogP) is 2.73. The first kappa shape index (κ1) is 14.9. The van der Waals surface area contributed by atoms with Crippen LogP contribution in [0.2, 0.25) is 0 Å². The molecule has 0 unspecified atom stereocenters. The van der Waals surface area contributed by atoms with Crippen LogP contribution >= 0.6 is 0 Å². The number of unbranched alkanes of at least 4 members (excludes halogenated alkanes) is 8. The van der Waals surface area contributed by atoms with Gasteiger partial charge in [-0.3, -0.25) is 11.5 Å². The van der Waals surface area contributed by atoms with Crippen molar-refractivity contribution in [2.45, 2.75) is 71.1 Å². The molecule has 0 fully saturated rings. The minimum absolute atomic E-state index is 0.598. The summed E-state index contributed by atoms with van der Waals surface area (Å²) in [7, 11) is 0. The van der Waals surface area contributed by atoms with Crippen LogP contribution in [0.5, 0.6) is 0 Å². The molecule has 15 heavy (non-hydrogen) atoms. The molecule has 0 aliphatic heterocycles. The first-order chi connectivity index (χ1) is 7.27. The molecular weight excluding hydrogens is 188 g/mol. The van der Waals surface area contributed by atoms with Gasteiger partial charge in [0.1, 0.15) is 0 Å². The van der Waals surface area contributed by atoms with Crippen molar-refractivity contribution in [3.63, 3.8) is 0 Å². The van der Waals surface area contributed by atoms with Crippen LogP contribution in [0.4, 0.5) is 0 Å². The van der Waals surface area contributed by atoms with Gasteiger partial charge in [0.05, 0.1) is 6.61 Å². The van der Waals surface area contributed by atoms with Crippen LogP contribution < -0.4 is 11.5 Å². The molecule has 0 atom stereocenters. The van der Waals surface area contributed by atoms with E-state index < -0.39 is 6.35 Å². The number of hydrogen-bond acceptors (Lipinski definition) is 3. The average molecular weight is 216 g/mol. The number of hydrogen-bond donors (Lipinski definition) is 2. The smallest absolute Gasteiger partial charge is 0.158 e. The molecule has 3 nitrogen and oxygen atoms in total. The van der Waals surface area contributed by atoms with Gasteiger partial charge in [0.15, 0.2) is 6.35 Å². The molecule has 0 saturated heterocycles. The first-order valence-electron chi connectivity index (χ1n) is 6.40. The second kappa shape index (κ2) is 12.0. The fourth-order valence-electron chi connectivity index (χ4n) is 1.63. The number of nitrogens with two attached hydrogens (primary N) is 2. The fourth-order valence-corrected chi connectivity index (χ4v) is 1.63. The highest BCUT2D eigenvalue weighted by Crippen LogP contribution is 2.09. The Labute approximate surface area is 94.5 Å². The Morgan fingerprint density at radius 2 is 1.27 bits per heavy atom. The van der Waals surface area contributed by atoms with Crippen LogP contribution in [0.25, 0.3) is 0 Å². The van der Waals surface area contributed by atoms with Crippen molar-refractivity contribution < 1.29 is 4.74 Å². The van der Waals surface area contributed by atoms with Crippen LogP contribution in [0.3, 0.4) is 0 Å². The Morgan fingerprint density at radius 1 is 0.800 bits per heavy atom. The molecule has 92 valence electrons. The lowest BCUT2D eigenvalue weighted by Gasteiger charge is -2.06. The zero-order chi connectivity index (χ0) is 11.4. The lowest BCUT2D eigenvalue weighted by Crippen LogP contribution is -2.33. The van der Waals surface area contributed by atoms with E-state index in [-0.39, 0.29) is 0 Å². The summed E-state index contributed by atoms with van der Waals surface area (Å²) < 4.78 is 5.06. The van der Waals surface area contributed by atoms with Gasteiger partial charge in [-0.25, -0.2) is 0 Å². The van der Waals surface area contributed by atoms with E-state index in [9.17, 15) is 0 Å². The second-order valence-corrected chi connectivity index (χ2v) is 4.16. The zero-order valence-electron chi connectivity index (χ0n) is 10.2. The molecule has 0 aromatic rings. The molecule has 0 amide bonds. The largest absolute Gasteiger partial charge is 0.350 e. The van der Waals surface area contributed by atoms with E-state index in [2.05, 4.69) is 6.92 Å². The molecule has 0 aromatic carbocycles. The Balaban J connectivity index is 2.87. The van der Waals surface area contributed by atoms with Gasteiger partial charge in [-0.15, -0.1) is 0 Å². The minimum Gasteiger partial charge on any atom is -0.350 e. The molecule has 3 heteroatoms. The summed E-state index contributed by atoms with van der Waals surface area (Å²) in [6, 6.07) is 0. The van der Waals surface area contributed by atoms with Gasteiger partial charge in [0, 0.05) is 0 Å². The van der Waals surface area contributed by atoms with Gasteiger partial charge in [-0.05, 0) is 6.42 Å². The molecule has 0 aliphatic rings. The quantitative estimate of drug-likeness (QED) is 0.412. The van der Waals surface area contributed by atoms with Crippen molar-refractivity contribution in [1.82, 2.24) is 0 Å². The maximum Gasteiger partial charge on any atom is 0.158 e. The first-order valence-corrected chi connectivity index (χ1v) is 6.40. The van der Waals surface area contributed by atoms with Crippen LogP contribution in [0.15, 0.2) is 0 Å². The van der Waals surface area contributed by atoms with Crippen molar-refractivity contribution in [3.05, 3.63) is 0 Å². The SMILES string of the molecule is CCCCCCCCCCCOC(N)N. The summed E-state index contributed by atoms with van der Waals surface area (Å²) >= 11 is 0. The molecule has 0 rings (SSSR count). The van der Waals surface area contributed by atoms with Gasteiger partial charge in [-0.2, -0.15) is 0 Å². The molecule has 0 aliphatic carbocycles. The van der Waals surface area contributed by atoms with Crippen molar-refractivity contribution >= 4 is 0 Å². The van der Waals surface area contributed by atoms with E-state index >= 15 is 0 Å². The third-order valence-electron chi connectivity index (χ3n) is 2.56. The summed E-state index contributed by atoms with van der Waals surface area (Å²) in [4.78, 5) is 0. The van der Waals surface area contributed by atoms with E-state index in [1.807, 2.05) is 0 Å². The highest BCUT2D eigenvalue weighted by molar-refractivity contribution is 4.46. The Bertz CT molecular complexity index is 118. The summed E-state index contributed by atoms with van der Waals surface area (Å²) in [5, 5.41) is 0. The van der Waals surface area contributed by atoms with E-state index in [1.165, 1.54) is 51.4 Å². The molecule has 4 N–H and O–H groups in total. The molecule has 0 bridgehead atoms. The standard InChI is InChI=1S/C12H28N2O/c1-2-3-4-5-6-7-8-9-10-11-15-12(13)14/h12H,2-11,13-14H2,1H3. The van der Waals surface area contributed by atoms with Crippen molar-refractivity contribution in [1.29, 1.82) is 0 Å². The van der Waals surface area contributed by atoms with E-state index in [0.717, 1.165) is 6.42 Å². The van der Waals surface area contributed by atoms with Gasteiger partial charge in [0.2, 0.25) is 0 Å². The van der Waals surface area contributed by atoms with Gasteiger partial charge in [-0.1, -0.05) is 58.3 Å². The van der Waals surface area contributed by atoms with Gasteiger partial charge < -0.3 is 4.74 Å². The van der Waals surface area contributed by atoms with Gasteiger partial charge in [0.25, 0.3) is 0 Å². The fraction of sp³-hybridized carbons (Fsp3) is 1.00. The van der Waals surface area contributed by atoms with E-state index in [0.29, 0.717) is 6.61 Å². The molecule has 0 spiro atoms. The van der Waals surface area contributed by atoms with Crippen LogP contribution in [-0.2, 0) is 4.74 Å². The number of rotatable bonds is 11. The minimum atomic E-state index is -0.598. The molecule has 0 aromatic heterocycles. The maximum absolute atomic E-state index is 5.26. The monoisotopic (exact) mass is 216 g/mol. The molecule has 0 saturated carbocycles. The predicted molar refractivity (Wildman–Crippen MR) is 65.3 cm³/mol. The lowest BCUT2D eigenvalue weighted by molar-refractivity contribution is 0.0595. The zero-order valence-corrected chi connectivity index (χ0v) is 10.2. The number of ether oxygens (including phenoxy) is 1. The summed E-state index contributed by atoms with van der Waals surface area (Å²) in [5.74, 6) is 0. The summed E-state index contributed by atoms with van der Waals surface area (Å²) in [5.41, 5.74) is 10.5. The maximum atomic E-state index is 5.26. The normalized spacial score (nSPS) is 11.2.